The summed E-state index contributed by atoms with van der Waals surface area (Å²) in [4.78, 5) is 33.1. The molecule has 2 aliphatic rings. The van der Waals surface area contributed by atoms with Crippen molar-refractivity contribution < 1.29 is 29.0 Å². The first-order valence-electron chi connectivity index (χ1n) is 12.8. The Labute approximate surface area is 235 Å². The Hall–Kier alpha value is -5.38. The summed E-state index contributed by atoms with van der Waals surface area (Å²) >= 11 is 0. The van der Waals surface area contributed by atoms with Crippen LogP contribution in [0, 0.1) is 0 Å². The highest BCUT2D eigenvalue weighted by molar-refractivity contribution is 6.03. The molecule has 0 saturated carbocycles. The summed E-state index contributed by atoms with van der Waals surface area (Å²) < 4.78 is 12.5. The highest BCUT2D eigenvalue weighted by Gasteiger charge is 2.22. The third-order valence-electron chi connectivity index (χ3n) is 6.60. The summed E-state index contributed by atoms with van der Waals surface area (Å²) in [6, 6.07) is 22.3. The molecule has 5 rings (SSSR count). The number of carboxylic acid groups (broad SMARTS) is 2. The van der Waals surface area contributed by atoms with Gasteiger partial charge in [0.25, 0.3) is 0 Å². The van der Waals surface area contributed by atoms with E-state index in [0.29, 0.717) is 28.5 Å². The smallest absolute Gasteiger partial charge is 0.323 e. The van der Waals surface area contributed by atoms with Crippen LogP contribution in [-0.4, -0.2) is 54.3 Å². The van der Waals surface area contributed by atoms with Gasteiger partial charge in [0, 0.05) is 54.6 Å². The van der Waals surface area contributed by atoms with Crippen LogP contribution in [-0.2, 0) is 16.2 Å². The molecule has 0 bridgehead atoms. The normalized spacial score (nSPS) is 11.5. The molecule has 208 valence electrons. The zero-order chi connectivity index (χ0) is 28.9. The summed E-state index contributed by atoms with van der Waals surface area (Å²) in [5, 5.41) is 23.8. The Balaban J connectivity index is 1.72. The molecule has 10 nitrogen and oxygen atoms in total. The molecule has 0 spiro atoms. The van der Waals surface area contributed by atoms with E-state index in [1.807, 2.05) is 61.6 Å². The van der Waals surface area contributed by atoms with E-state index in [-0.39, 0.29) is 6.61 Å². The topological polar surface area (TPSA) is 137 Å². The van der Waals surface area contributed by atoms with Crippen LogP contribution in [0.2, 0.25) is 0 Å². The van der Waals surface area contributed by atoms with Crippen LogP contribution < -0.4 is 20.3 Å². The fraction of sp³-hybridized carbons (Fsp3) is 0.161. The number of anilines is 2. The number of ether oxygens (including phenoxy) is 1. The van der Waals surface area contributed by atoms with Gasteiger partial charge in [-0.15, -0.1) is 0 Å². The van der Waals surface area contributed by atoms with Crippen molar-refractivity contribution in [1.82, 2.24) is 4.98 Å². The molecule has 10 heteroatoms. The van der Waals surface area contributed by atoms with Crippen molar-refractivity contribution in [3.8, 4) is 28.2 Å². The average Bonchev–Trinajstić information content (AvgIpc) is 2.97. The van der Waals surface area contributed by atoms with E-state index >= 15 is 0 Å². The van der Waals surface area contributed by atoms with E-state index in [4.69, 9.17) is 9.15 Å². The summed E-state index contributed by atoms with van der Waals surface area (Å²) in [5.41, 5.74) is 5.05. The molecule has 1 aromatic heterocycles. The SMILES string of the molecule is CN=c1ccc2c(-c3ccc(N(CC(=O)O)CC(=O)O)c(OCc4ccccn4)c3)c3ccc(NC)cc3oc-2c1. The van der Waals surface area contributed by atoms with Crippen LogP contribution in [0.3, 0.4) is 0 Å². The number of carboxylic acids is 2. The van der Waals surface area contributed by atoms with Crippen molar-refractivity contribution in [3.63, 3.8) is 0 Å². The van der Waals surface area contributed by atoms with Crippen LogP contribution >= 0.6 is 0 Å². The Bertz CT molecular complexity index is 1750. The van der Waals surface area contributed by atoms with Gasteiger partial charge in [0.05, 0.1) is 16.7 Å². The summed E-state index contributed by atoms with van der Waals surface area (Å²) in [6.45, 7) is -0.931. The van der Waals surface area contributed by atoms with Crippen LogP contribution in [0.25, 0.3) is 33.4 Å². The number of aliphatic carboxylic acids is 2. The van der Waals surface area contributed by atoms with E-state index in [0.717, 1.165) is 33.1 Å². The second-order valence-corrected chi connectivity index (χ2v) is 9.28. The number of carbonyl (C=O) groups is 2. The third kappa shape index (κ3) is 5.96. The molecule has 1 aliphatic carbocycles. The van der Waals surface area contributed by atoms with Crippen molar-refractivity contribution in [1.29, 1.82) is 0 Å². The number of pyridine rings is 1. The van der Waals surface area contributed by atoms with Crippen molar-refractivity contribution in [2.75, 3.05) is 37.4 Å². The summed E-state index contributed by atoms with van der Waals surface area (Å²) in [5.74, 6) is -1.36. The van der Waals surface area contributed by atoms with Gasteiger partial charge < -0.3 is 29.6 Å². The van der Waals surface area contributed by atoms with Gasteiger partial charge in [-0.05, 0) is 54.1 Å². The van der Waals surface area contributed by atoms with E-state index in [1.165, 1.54) is 4.90 Å². The quantitative estimate of drug-likeness (QED) is 0.210. The highest BCUT2D eigenvalue weighted by atomic mass is 16.5. The van der Waals surface area contributed by atoms with E-state index < -0.39 is 25.0 Å². The lowest BCUT2D eigenvalue weighted by Crippen LogP contribution is -2.34. The maximum Gasteiger partial charge on any atom is 0.323 e. The van der Waals surface area contributed by atoms with E-state index in [9.17, 15) is 19.8 Å². The lowest BCUT2D eigenvalue weighted by Gasteiger charge is -2.25. The lowest BCUT2D eigenvalue weighted by molar-refractivity contribution is -0.136. The molecule has 0 unspecified atom stereocenters. The summed E-state index contributed by atoms with van der Waals surface area (Å²) in [6.07, 6.45) is 1.65. The Morgan fingerprint density at radius 1 is 1.00 bits per heavy atom. The molecular weight excluding hydrogens is 524 g/mol. The maximum atomic E-state index is 11.6. The molecule has 41 heavy (non-hydrogen) atoms. The van der Waals surface area contributed by atoms with Gasteiger partial charge in [0.1, 0.15) is 36.8 Å². The molecule has 3 N–H and O–H groups in total. The van der Waals surface area contributed by atoms with Crippen molar-refractivity contribution in [3.05, 3.63) is 90.0 Å². The third-order valence-corrected chi connectivity index (χ3v) is 6.60. The first-order chi connectivity index (χ1) is 19.9. The standard InChI is InChI=1S/C31H28N4O6/c1-32-20-7-9-23-26(14-20)41-27-15-21(33-2)8-10-24(27)31(23)19-6-11-25(35(16-29(36)37)17-30(38)39)28(13-19)40-18-22-5-3-4-12-34-22/h3-15,32H,16-18H2,1-2H3,(H,36,37)(H,38,39). The van der Waals surface area contributed by atoms with Crippen molar-refractivity contribution >= 4 is 34.3 Å². The van der Waals surface area contributed by atoms with Gasteiger partial charge in [0.15, 0.2) is 0 Å². The minimum atomic E-state index is -1.16. The zero-order valence-corrected chi connectivity index (χ0v) is 22.5. The number of aromatic nitrogens is 1. The predicted molar refractivity (Wildman–Crippen MR) is 155 cm³/mol. The molecule has 0 fully saturated rings. The number of benzene rings is 3. The molecule has 0 amide bonds. The van der Waals surface area contributed by atoms with Gasteiger partial charge in [-0.1, -0.05) is 12.1 Å². The van der Waals surface area contributed by atoms with Gasteiger partial charge >= 0.3 is 11.9 Å². The number of rotatable bonds is 10. The Morgan fingerprint density at radius 3 is 2.49 bits per heavy atom. The Kier molecular flexibility index (Phi) is 7.82. The first-order valence-corrected chi connectivity index (χ1v) is 12.8. The highest BCUT2D eigenvalue weighted by Crippen LogP contribution is 2.43. The average molecular weight is 553 g/mol. The molecule has 2 aromatic carbocycles. The van der Waals surface area contributed by atoms with Crippen molar-refractivity contribution in [2.24, 2.45) is 4.99 Å². The zero-order valence-electron chi connectivity index (χ0n) is 22.5. The Morgan fingerprint density at radius 2 is 1.80 bits per heavy atom. The molecule has 3 aromatic rings. The number of nitrogens with one attached hydrogen (secondary N) is 1. The second kappa shape index (κ2) is 11.8. The van der Waals surface area contributed by atoms with Gasteiger partial charge in [0.2, 0.25) is 0 Å². The number of nitrogens with zero attached hydrogens (tertiary/aromatic N) is 3. The monoisotopic (exact) mass is 552 g/mol. The largest absolute Gasteiger partial charge is 0.485 e. The van der Waals surface area contributed by atoms with Crippen LogP contribution in [0.1, 0.15) is 5.69 Å². The fourth-order valence-electron chi connectivity index (χ4n) is 4.72. The van der Waals surface area contributed by atoms with Gasteiger partial charge in [-0.2, -0.15) is 0 Å². The number of fused-ring (bicyclic) bond motifs is 2. The predicted octanol–water partition coefficient (Wildman–Crippen LogP) is 4.73. The lowest BCUT2D eigenvalue weighted by atomic mass is 9.93. The summed E-state index contributed by atoms with van der Waals surface area (Å²) in [7, 11) is 3.55. The van der Waals surface area contributed by atoms with Gasteiger partial charge in [-0.3, -0.25) is 19.6 Å². The second-order valence-electron chi connectivity index (χ2n) is 9.28. The minimum Gasteiger partial charge on any atom is -0.485 e. The molecule has 1 aliphatic heterocycles. The number of hydrogen-bond acceptors (Lipinski definition) is 8. The molecular formula is C31H28N4O6. The molecule has 0 saturated heterocycles. The molecule has 2 heterocycles. The fourth-order valence-corrected chi connectivity index (χ4v) is 4.72. The van der Waals surface area contributed by atoms with Crippen LogP contribution in [0.4, 0.5) is 11.4 Å². The maximum absolute atomic E-state index is 11.6. The molecule has 0 atom stereocenters. The van der Waals surface area contributed by atoms with E-state index in [1.54, 1.807) is 31.4 Å². The first kappa shape index (κ1) is 27.2. The van der Waals surface area contributed by atoms with Gasteiger partial charge in [-0.25, -0.2) is 0 Å². The van der Waals surface area contributed by atoms with Crippen LogP contribution in [0.5, 0.6) is 5.75 Å². The van der Waals surface area contributed by atoms with Crippen molar-refractivity contribution in [2.45, 2.75) is 6.61 Å². The minimum absolute atomic E-state index is 0.101. The van der Waals surface area contributed by atoms with Crippen LogP contribution in [0.15, 0.2) is 88.4 Å². The molecule has 0 radical (unpaired) electrons. The number of hydrogen-bond donors (Lipinski definition) is 3. The van der Waals surface area contributed by atoms with E-state index in [2.05, 4.69) is 15.3 Å².